The third-order valence-corrected chi connectivity index (χ3v) is 3.74. The first-order valence-corrected chi connectivity index (χ1v) is 7.98. The van der Waals surface area contributed by atoms with Gasteiger partial charge in [0.2, 0.25) is 5.91 Å². The summed E-state index contributed by atoms with van der Waals surface area (Å²) in [6, 6.07) is 15.5. The maximum absolute atomic E-state index is 11.9. The van der Waals surface area contributed by atoms with Crippen LogP contribution < -0.4 is 15.4 Å². The van der Waals surface area contributed by atoms with Crippen LogP contribution in [0.5, 0.6) is 5.75 Å². The maximum Gasteiger partial charge on any atom is 0.262 e. The number of nitrogens with one attached hydrogen (secondary N) is 2. The Bertz CT molecular complexity index is 803. The van der Waals surface area contributed by atoms with E-state index in [9.17, 15) is 9.59 Å². The largest absolute Gasteiger partial charge is 0.484 e. The Morgan fingerprint density at radius 3 is 2.16 bits per heavy atom. The molecule has 0 radical (unpaired) electrons. The molecule has 2 aromatic carbocycles. The number of benzene rings is 2. The summed E-state index contributed by atoms with van der Waals surface area (Å²) in [5.41, 5.74) is 1.87. The monoisotopic (exact) mass is 335 g/mol. The predicted molar refractivity (Wildman–Crippen MR) is 93.1 cm³/mol. The van der Waals surface area contributed by atoms with Crippen LogP contribution in [0.1, 0.15) is 18.4 Å². The van der Waals surface area contributed by atoms with Gasteiger partial charge in [-0.2, -0.15) is 5.26 Å². The van der Waals surface area contributed by atoms with E-state index in [-0.39, 0.29) is 24.3 Å². The summed E-state index contributed by atoms with van der Waals surface area (Å²) in [5.74, 6) is 0.428. The molecule has 0 unspecified atom stereocenters. The quantitative estimate of drug-likeness (QED) is 0.849. The topological polar surface area (TPSA) is 91.2 Å². The molecule has 0 aromatic heterocycles. The van der Waals surface area contributed by atoms with Gasteiger partial charge in [0, 0.05) is 17.3 Å². The van der Waals surface area contributed by atoms with Crippen molar-refractivity contribution in [3.8, 4) is 11.8 Å². The molecular weight excluding hydrogens is 318 g/mol. The fourth-order valence-corrected chi connectivity index (χ4v) is 2.20. The average molecular weight is 335 g/mol. The second kappa shape index (κ2) is 7.49. The van der Waals surface area contributed by atoms with Crippen molar-refractivity contribution in [3.63, 3.8) is 0 Å². The highest BCUT2D eigenvalue weighted by Gasteiger charge is 2.29. The summed E-state index contributed by atoms with van der Waals surface area (Å²) < 4.78 is 5.37. The van der Waals surface area contributed by atoms with E-state index in [1.807, 2.05) is 6.07 Å². The van der Waals surface area contributed by atoms with Crippen LogP contribution in [-0.4, -0.2) is 18.4 Å². The first kappa shape index (κ1) is 16.5. The number of hydrogen-bond donors (Lipinski definition) is 2. The van der Waals surface area contributed by atoms with Gasteiger partial charge in [-0.15, -0.1) is 0 Å². The second-order valence-corrected chi connectivity index (χ2v) is 5.81. The van der Waals surface area contributed by atoms with E-state index in [2.05, 4.69) is 10.6 Å². The Hall–Kier alpha value is -3.33. The molecule has 6 nitrogen and oxygen atoms in total. The molecule has 6 heteroatoms. The molecule has 0 aliphatic heterocycles. The SMILES string of the molecule is N#Cc1ccc(OCC(=O)Nc2ccc(NC(=O)C3CC3)cc2)cc1. The van der Waals surface area contributed by atoms with E-state index >= 15 is 0 Å². The van der Waals surface area contributed by atoms with Crippen molar-refractivity contribution in [1.82, 2.24) is 0 Å². The van der Waals surface area contributed by atoms with Crippen LogP contribution in [0.2, 0.25) is 0 Å². The number of carbonyl (C=O) groups excluding carboxylic acids is 2. The van der Waals surface area contributed by atoms with E-state index < -0.39 is 0 Å². The zero-order valence-electron chi connectivity index (χ0n) is 13.5. The Labute approximate surface area is 145 Å². The standard InChI is InChI=1S/C19H17N3O3/c20-11-13-1-9-17(10-2-13)25-12-18(23)21-15-5-7-16(8-6-15)22-19(24)14-3-4-14/h1-2,5-10,14H,3-4,12H2,(H,21,23)(H,22,24). The average Bonchev–Trinajstić information content (AvgIpc) is 3.47. The lowest BCUT2D eigenvalue weighted by Gasteiger charge is -2.09. The molecule has 0 atom stereocenters. The molecule has 0 heterocycles. The van der Waals surface area contributed by atoms with Crippen molar-refractivity contribution in [2.45, 2.75) is 12.8 Å². The molecule has 3 rings (SSSR count). The number of hydrogen-bond acceptors (Lipinski definition) is 4. The lowest BCUT2D eigenvalue weighted by Crippen LogP contribution is -2.20. The van der Waals surface area contributed by atoms with Gasteiger partial charge in [-0.25, -0.2) is 0 Å². The van der Waals surface area contributed by atoms with Crippen LogP contribution in [0.4, 0.5) is 11.4 Å². The Morgan fingerprint density at radius 2 is 1.60 bits per heavy atom. The third-order valence-electron chi connectivity index (χ3n) is 3.74. The summed E-state index contributed by atoms with van der Waals surface area (Å²) in [7, 11) is 0. The van der Waals surface area contributed by atoms with Gasteiger partial charge in [0.1, 0.15) is 5.75 Å². The minimum Gasteiger partial charge on any atom is -0.484 e. The van der Waals surface area contributed by atoms with E-state index in [1.54, 1.807) is 48.5 Å². The fraction of sp³-hybridized carbons (Fsp3) is 0.211. The summed E-state index contributed by atoms with van der Waals surface area (Å²) in [4.78, 5) is 23.6. The fourth-order valence-electron chi connectivity index (χ4n) is 2.20. The van der Waals surface area contributed by atoms with Crippen LogP contribution in [-0.2, 0) is 9.59 Å². The van der Waals surface area contributed by atoms with Crippen molar-refractivity contribution in [2.75, 3.05) is 17.2 Å². The second-order valence-electron chi connectivity index (χ2n) is 5.81. The number of amides is 2. The molecule has 2 amide bonds. The van der Waals surface area contributed by atoms with Gasteiger partial charge in [-0.3, -0.25) is 9.59 Å². The molecule has 2 N–H and O–H groups in total. The van der Waals surface area contributed by atoms with E-state index in [1.165, 1.54) is 0 Å². The highest BCUT2D eigenvalue weighted by molar-refractivity contribution is 5.95. The number of ether oxygens (including phenoxy) is 1. The molecule has 1 aliphatic carbocycles. The zero-order valence-corrected chi connectivity index (χ0v) is 13.5. The van der Waals surface area contributed by atoms with E-state index in [0.29, 0.717) is 22.7 Å². The van der Waals surface area contributed by atoms with Gasteiger partial charge in [-0.05, 0) is 61.4 Å². The van der Waals surface area contributed by atoms with Crippen LogP contribution in [0.25, 0.3) is 0 Å². The number of anilines is 2. The van der Waals surface area contributed by atoms with Gasteiger partial charge in [0.25, 0.3) is 5.91 Å². The summed E-state index contributed by atoms with van der Waals surface area (Å²) in [6.45, 7) is -0.133. The lowest BCUT2D eigenvalue weighted by atomic mass is 10.2. The normalized spacial score (nSPS) is 12.8. The Morgan fingerprint density at radius 1 is 1.00 bits per heavy atom. The van der Waals surface area contributed by atoms with Crippen LogP contribution in [0, 0.1) is 17.2 Å². The van der Waals surface area contributed by atoms with Gasteiger partial charge in [0.15, 0.2) is 6.61 Å². The third kappa shape index (κ3) is 4.82. The molecule has 2 aromatic rings. The minimum atomic E-state index is -0.292. The van der Waals surface area contributed by atoms with Crippen LogP contribution in [0.3, 0.4) is 0 Å². The number of nitriles is 1. The zero-order chi connectivity index (χ0) is 17.6. The molecule has 0 spiro atoms. The van der Waals surface area contributed by atoms with Crippen molar-refractivity contribution >= 4 is 23.2 Å². The Kier molecular flexibility index (Phi) is 4.95. The summed E-state index contributed by atoms with van der Waals surface area (Å²) >= 11 is 0. The summed E-state index contributed by atoms with van der Waals surface area (Å²) in [6.07, 6.45) is 1.92. The van der Waals surface area contributed by atoms with Crippen molar-refractivity contribution in [2.24, 2.45) is 5.92 Å². The highest BCUT2D eigenvalue weighted by atomic mass is 16.5. The lowest BCUT2D eigenvalue weighted by molar-refractivity contribution is -0.118. The smallest absolute Gasteiger partial charge is 0.262 e. The molecule has 126 valence electrons. The molecule has 0 bridgehead atoms. The predicted octanol–water partition coefficient (Wildman–Crippen LogP) is 2.92. The van der Waals surface area contributed by atoms with Crippen molar-refractivity contribution < 1.29 is 14.3 Å². The number of rotatable bonds is 6. The van der Waals surface area contributed by atoms with Crippen LogP contribution in [0.15, 0.2) is 48.5 Å². The van der Waals surface area contributed by atoms with Crippen molar-refractivity contribution in [3.05, 3.63) is 54.1 Å². The summed E-state index contributed by atoms with van der Waals surface area (Å²) in [5, 5.41) is 14.3. The molecule has 1 saturated carbocycles. The first-order chi connectivity index (χ1) is 12.1. The molecule has 1 fully saturated rings. The molecule has 0 saturated heterocycles. The number of nitrogens with zero attached hydrogens (tertiary/aromatic N) is 1. The van der Waals surface area contributed by atoms with Crippen LogP contribution >= 0.6 is 0 Å². The maximum atomic E-state index is 11.9. The van der Waals surface area contributed by atoms with E-state index in [4.69, 9.17) is 10.00 Å². The Balaban J connectivity index is 1.46. The first-order valence-electron chi connectivity index (χ1n) is 7.98. The molecular formula is C19H17N3O3. The van der Waals surface area contributed by atoms with Gasteiger partial charge in [0.05, 0.1) is 11.6 Å². The molecule has 25 heavy (non-hydrogen) atoms. The van der Waals surface area contributed by atoms with Gasteiger partial charge < -0.3 is 15.4 Å². The van der Waals surface area contributed by atoms with Crippen molar-refractivity contribution in [1.29, 1.82) is 5.26 Å². The highest BCUT2D eigenvalue weighted by Crippen LogP contribution is 2.30. The van der Waals surface area contributed by atoms with Gasteiger partial charge in [-0.1, -0.05) is 0 Å². The number of carbonyl (C=O) groups is 2. The van der Waals surface area contributed by atoms with Gasteiger partial charge >= 0.3 is 0 Å². The van der Waals surface area contributed by atoms with E-state index in [0.717, 1.165) is 12.8 Å². The minimum absolute atomic E-state index is 0.0487. The molecule has 1 aliphatic rings.